The molecular formula is C23H28N2O2. The molecule has 4 heteroatoms. The summed E-state index contributed by atoms with van der Waals surface area (Å²) in [7, 11) is 0. The van der Waals surface area contributed by atoms with E-state index in [0.29, 0.717) is 18.8 Å². The molecule has 142 valence electrons. The van der Waals surface area contributed by atoms with Crippen LogP contribution in [0.4, 0.5) is 0 Å². The Balaban J connectivity index is 1.62. The molecule has 4 nitrogen and oxygen atoms in total. The van der Waals surface area contributed by atoms with Crippen molar-refractivity contribution >= 4 is 11.8 Å². The SMILES string of the molecule is Cc1ccc(CC2CC(NC(=O)Cc3ccccc3)CC(C(N)=O)C2)cc1. The zero-order chi connectivity index (χ0) is 19.2. The standard InChI is InChI=1S/C23H28N2O2/c1-16-7-9-18(10-8-16)11-19-12-20(23(24)27)15-21(13-19)25-22(26)14-17-5-3-2-4-6-17/h2-10,19-21H,11-15H2,1H3,(H2,24,27)(H,25,26). The van der Waals surface area contributed by atoms with Gasteiger partial charge in [0.05, 0.1) is 6.42 Å². The van der Waals surface area contributed by atoms with Gasteiger partial charge in [0.2, 0.25) is 11.8 Å². The van der Waals surface area contributed by atoms with Crippen molar-refractivity contribution in [2.45, 2.75) is 45.1 Å². The third-order valence-corrected chi connectivity index (χ3v) is 5.42. The summed E-state index contributed by atoms with van der Waals surface area (Å²) in [4.78, 5) is 24.3. The van der Waals surface area contributed by atoms with E-state index in [9.17, 15) is 9.59 Å². The molecule has 1 saturated carbocycles. The summed E-state index contributed by atoms with van der Waals surface area (Å²) in [6, 6.07) is 18.2. The van der Waals surface area contributed by atoms with Gasteiger partial charge in [-0.15, -0.1) is 0 Å². The van der Waals surface area contributed by atoms with Crippen molar-refractivity contribution in [2.75, 3.05) is 0 Å². The second kappa shape index (κ2) is 8.85. The average Bonchev–Trinajstić information content (AvgIpc) is 2.64. The van der Waals surface area contributed by atoms with Gasteiger partial charge >= 0.3 is 0 Å². The van der Waals surface area contributed by atoms with Crippen molar-refractivity contribution in [2.24, 2.45) is 17.6 Å². The van der Waals surface area contributed by atoms with Crippen LogP contribution in [0.25, 0.3) is 0 Å². The summed E-state index contributed by atoms with van der Waals surface area (Å²) in [6.45, 7) is 2.08. The lowest BCUT2D eigenvalue weighted by atomic mass is 9.75. The molecule has 1 fully saturated rings. The van der Waals surface area contributed by atoms with Crippen LogP contribution in [0.3, 0.4) is 0 Å². The minimum Gasteiger partial charge on any atom is -0.369 e. The van der Waals surface area contributed by atoms with E-state index in [1.807, 2.05) is 30.3 Å². The summed E-state index contributed by atoms with van der Waals surface area (Å²) < 4.78 is 0. The molecule has 3 unspecified atom stereocenters. The van der Waals surface area contributed by atoms with Gasteiger partial charge in [-0.2, -0.15) is 0 Å². The number of rotatable bonds is 6. The van der Waals surface area contributed by atoms with Crippen molar-refractivity contribution in [1.82, 2.24) is 5.32 Å². The van der Waals surface area contributed by atoms with Crippen LogP contribution >= 0.6 is 0 Å². The molecule has 27 heavy (non-hydrogen) atoms. The Morgan fingerprint density at radius 3 is 2.33 bits per heavy atom. The number of carbonyl (C=O) groups is 2. The van der Waals surface area contributed by atoms with Gasteiger partial charge < -0.3 is 11.1 Å². The summed E-state index contributed by atoms with van der Waals surface area (Å²) in [5.41, 5.74) is 9.11. The van der Waals surface area contributed by atoms with E-state index < -0.39 is 0 Å². The molecule has 2 aromatic rings. The fourth-order valence-electron chi connectivity index (χ4n) is 4.07. The van der Waals surface area contributed by atoms with Gasteiger partial charge in [-0.25, -0.2) is 0 Å². The molecule has 3 N–H and O–H groups in total. The van der Waals surface area contributed by atoms with Crippen LogP contribution in [0.15, 0.2) is 54.6 Å². The van der Waals surface area contributed by atoms with Crippen molar-refractivity contribution in [3.8, 4) is 0 Å². The number of primary amides is 1. The molecule has 0 heterocycles. The zero-order valence-electron chi connectivity index (χ0n) is 15.9. The van der Waals surface area contributed by atoms with Crippen LogP contribution in [0, 0.1) is 18.8 Å². The highest BCUT2D eigenvalue weighted by Crippen LogP contribution is 2.32. The first-order chi connectivity index (χ1) is 13.0. The molecule has 3 atom stereocenters. The number of aryl methyl sites for hydroxylation is 1. The molecule has 3 rings (SSSR count). The van der Waals surface area contributed by atoms with Gasteiger partial charge in [-0.05, 0) is 49.7 Å². The Hall–Kier alpha value is -2.62. The van der Waals surface area contributed by atoms with E-state index in [-0.39, 0.29) is 23.8 Å². The quantitative estimate of drug-likeness (QED) is 0.826. The van der Waals surface area contributed by atoms with Crippen molar-refractivity contribution < 1.29 is 9.59 Å². The number of hydrogen-bond acceptors (Lipinski definition) is 2. The van der Waals surface area contributed by atoms with Crippen molar-refractivity contribution in [3.05, 3.63) is 71.3 Å². The average molecular weight is 364 g/mol. The van der Waals surface area contributed by atoms with E-state index in [4.69, 9.17) is 5.73 Å². The largest absolute Gasteiger partial charge is 0.369 e. The Labute approximate surface area is 161 Å². The molecule has 0 bridgehead atoms. The third-order valence-electron chi connectivity index (χ3n) is 5.42. The lowest BCUT2D eigenvalue weighted by Crippen LogP contribution is -2.44. The normalized spacial score (nSPS) is 22.2. The molecule has 0 radical (unpaired) electrons. The summed E-state index contributed by atoms with van der Waals surface area (Å²) >= 11 is 0. The summed E-state index contributed by atoms with van der Waals surface area (Å²) in [5, 5.41) is 3.13. The number of amides is 2. The summed E-state index contributed by atoms with van der Waals surface area (Å²) in [6.07, 6.45) is 3.60. The molecule has 0 aromatic heterocycles. The monoisotopic (exact) mass is 364 g/mol. The van der Waals surface area contributed by atoms with Gasteiger partial charge in [0.25, 0.3) is 0 Å². The lowest BCUT2D eigenvalue weighted by Gasteiger charge is -2.34. The molecule has 2 amide bonds. The van der Waals surface area contributed by atoms with Gasteiger partial charge in [-0.1, -0.05) is 60.2 Å². The van der Waals surface area contributed by atoms with Crippen molar-refractivity contribution in [3.63, 3.8) is 0 Å². The maximum Gasteiger partial charge on any atom is 0.224 e. The minimum absolute atomic E-state index is 0.00270. The molecule has 1 aliphatic carbocycles. The number of nitrogens with one attached hydrogen (secondary N) is 1. The first-order valence-corrected chi connectivity index (χ1v) is 9.67. The van der Waals surface area contributed by atoms with Gasteiger partial charge in [0.15, 0.2) is 0 Å². The fraction of sp³-hybridized carbons (Fsp3) is 0.391. The molecule has 0 spiro atoms. The Morgan fingerprint density at radius 1 is 0.963 bits per heavy atom. The van der Waals surface area contributed by atoms with Crippen LogP contribution in [0.1, 0.15) is 36.0 Å². The summed E-state index contributed by atoms with van der Waals surface area (Å²) in [5.74, 6) is -0.0754. The zero-order valence-corrected chi connectivity index (χ0v) is 15.9. The second-order valence-corrected chi connectivity index (χ2v) is 7.79. The highest BCUT2D eigenvalue weighted by atomic mass is 16.2. The lowest BCUT2D eigenvalue weighted by molar-refractivity contribution is -0.125. The number of nitrogens with two attached hydrogens (primary N) is 1. The number of hydrogen-bond donors (Lipinski definition) is 2. The van der Waals surface area contributed by atoms with Crippen molar-refractivity contribution in [1.29, 1.82) is 0 Å². The second-order valence-electron chi connectivity index (χ2n) is 7.79. The van der Waals surface area contributed by atoms with Crippen LogP contribution < -0.4 is 11.1 Å². The smallest absolute Gasteiger partial charge is 0.224 e. The predicted octanol–water partition coefficient (Wildman–Crippen LogP) is 3.17. The molecular weight excluding hydrogens is 336 g/mol. The first kappa shape index (κ1) is 19.2. The highest BCUT2D eigenvalue weighted by Gasteiger charge is 2.32. The van der Waals surface area contributed by atoms with E-state index in [1.54, 1.807) is 0 Å². The van der Waals surface area contributed by atoms with Gasteiger partial charge in [0, 0.05) is 12.0 Å². The maximum atomic E-state index is 12.4. The maximum absolute atomic E-state index is 12.4. The van der Waals surface area contributed by atoms with Gasteiger partial charge in [0.1, 0.15) is 0 Å². The van der Waals surface area contributed by atoms with Crippen LogP contribution in [-0.2, 0) is 22.4 Å². The first-order valence-electron chi connectivity index (χ1n) is 9.67. The van der Waals surface area contributed by atoms with E-state index >= 15 is 0 Å². The molecule has 0 saturated heterocycles. The van der Waals surface area contributed by atoms with Crippen LogP contribution in [-0.4, -0.2) is 17.9 Å². The van der Waals surface area contributed by atoms with E-state index in [2.05, 4.69) is 36.5 Å². The topological polar surface area (TPSA) is 72.2 Å². The van der Waals surface area contributed by atoms with Crippen LogP contribution in [0.5, 0.6) is 0 Å². The molecule has 0 aliphatic heterocycles. The predicted molar refractivity (Wildman–Crippen MR) is 107 cm³/mol. The number of benzene rings is 2. The van der Waals surface area contributed by atoms with Gasteiger partial charge in [-0.3, -0.25) is 9.59 Å². The fourth-order valence-corrected chi connectivity index (χ4v) is 4.07. The Kier molecular flexibility index (Phi) is 6.28. The highest BCUT2D eigenvalue weighted by molar-refractivity contribution is 5.79. The van der Waals surface area contributed by atoms with E-state index in [1.165, 1.54) is 11.1 Å². The Morgan fingerprint density at radius 2 is 1.67 bits per heavy atom. The van der Waals surface area contributed by atoms with E-state index in [0.717, 1.165) is 24.8 Å². The molecule has 2 aromatic carbocycles. The Bertz CT molecular complexity index is 771. The minimum atomic E-state index is -0.258. The van der Waals surface area contributed by atoms with Crippen LogP contribution in [0.2, 0.25) is 0 Å². The molecule has 1 aliphatic rings. The third kappa shape index (κ3) is 5.68. The number of carbonyl (C=O) groups excluding carboxylic acids is 2.